The smallest absolute Gasteiger partial charge is 0.0625 e. The monoisotopic (exact) mass is 183 g/mol. The molecular weight excluding hydrogens is 166 g/mol. The van der Waals surface area contributed by atoms with Crippen molar-refractivity contribution in [2.24, 2.45) is 5.73 Å². The number of aromatic amines is 1. The first-order valence-corrected chi connectivity index (χ1v) is 4.37. The van der Waals surface area contributed by atoms with Gasteiger partial charge in [0.05, 0.1) is 18.8 Å². The highest BCUT2D eigenvalue weighted by atomic mass is 16.3. The summed E-state index contributed by atoms with van der Waals surface area (Å²) in [6.07, 6.45) is 1.68. The Hall–Kier alpha value is -0.870. The van der Waals surface area contributed by atoms with Crippen LogP contribution in [0.2, 0.25) is 0 Å². The minimum Gasteiger partial charge on any atom is -0.394 e. The molecule has 1 aromatic rings. The maximum atomic E-state index is 8.93. The van der Waals surface area contributed by atoms with Crippen molar-refractivity contribution >= 4 is 0 Å². The summed E-state index contributed by atoms with van der Waals surface area (Å²) >= 11 is 0. The number of aromatic nitrogens is 2. The normalized spacial score (nSPS) is 14.5. The number of hydrogen-bond donors (Lipinski definition) is 3. The van der Waals surface area contributed by atoms with Crippen LogP contribution in [0.1, 0.15) is 38.1 Å². The summed E-state index contributed by atoms with van der Waals surface area (Å²) in [6, 6.07) is -0.340. The molecule has 4 heteroatoms. The van der Waals surface area contributed by atoms with E-state index in [1.807, 2.05) is 0 Å². The Labute approximate surface area is 78.2 Å². The lowest BCUT2D eigenvalue weighted by atomic mass is 9.88. The van der Waals surface area contributed by atoms with Crippen LogP contribution in [0.25, 0.3) is 0 Å². The fourth-order valence-electron chi connectivity index (χ4n) is 1.28. The van der Waals surface area contributed by atoms with E-state index in [0.29, 0.717) is 0 Å². The molecule has 4 nitrogen and oxygen atoms in total. The van der Waals surface area contributed by atoms with E-state index in [4.69, 9.17) is 10.8 Å². The Bertz CT molecular complexity index is 275. The zero-order valence-corrected chi connectivity index (χ0v) is 8.33. The van der Waals surface area contributed by atoms with Gasteiger partial charge in [-0.3, -0.25) is 5.10 Å². The Balaban J connectivity index is 3.03. The Morgan fingerprint density at radius 3 is 2.69 bits per heavy atom. The van der Waals surface area contributed by atoms with Crippen molar-refractivity contribution in [1.82, 2.24) is 10.2 Å². The van der Waals surface area contributed by atoms with Gasteiger partial charge in [-0.2, -0.15) is 5.10 Å². The molecular formula is C9H17N3O. The van der Waals surface area contributed by atoms with Gasteiger partial charge in [0.15, 0.2) is 0 Å². The minimum atomic E-state index is -0.340. The molecule has 13 heavy (non-hydrogen) atoms. The number of aliphatic hydroxyl groups is 1. The standard InChI is InChI=1S/C9H17N3O/c1-9(2,3)8-6(4-11-12-8)7(10)5-13/h4,7,13H,5,10H2,1-3H3,(H,11,12). The van der Waals surface area contributed by atoms with E-state index in [-0.39, 0.29) is 18.1 Å². The maximum Gasteiger partial charge on any atom is 0.0625 e. The van der Waals surface area contributed by atoms with Crippen molar-refractivity contribution in [2.45, 2.75) is 32.2 Å². The third-order valence-corrected chi connectivity index (χ3v) is 2.01. The van der Waals surface area contributed by atoms with Crippen LogP contribution in [0, 0.1) is 0 Å². The number of nitrogens with two attached hydrogens (primary N) is 1. The van der Waals surface area contributed by atoms with Crippen LogP contribution in [0.3, 0.4) is 0 Å². The molecule has 0 bridgehead atoms. The number of nitrogens with one attached hydrogen (secondary N) is 1. The lowest BCUT2D eigenvalue weighted by Gasteiger charge is -2.20. The molecule has 0 fully saturated rings. The average molecular weight is 183 g/mol. The summed E-state index contributed by atoms with van der Waals surface area (Å²) < 4.78 is 0. The SMILES string of the molecule is CC(C)(C)c1[nH]ncc1C(N)CO. The molecule has 0 aromatic carbocycles. The van der Waals surface area contributed by atoms with Crippen LogP contribution in [0.15, 0.2) is 6.20 Å². The molecule has 1 rings (SSSR count). The topological polar surface area (TPSA) is 74.9 Å². The van der Waals surface area contributed by atoms with E-state index in [1.54, 1.807) is 6.20 Å². The molecule has 0 spiro atoms. The van der Waals surface area contributed by atoms with E-state index in [0.717, 1.165) is 11.3 Å². The Kier molecular flexibility index (Phi) is 2.73. The Morgan fingerprint density at radius 1 is 1.62 bits per heavy atom. The van der Waals surface area contributed by atoms with Gasteiger partial charge in [0, 0.05) is 16.7 Å². The summed E-state index contributed by atoms with van der Waals surface area (Å²) in [5.41, 5.74) is 7.60. The number of rotatable bonds is 2. The molecule has 0 aliphatic heterocycles. The van der Waals surface area contributed by atoms with E-state index >= 15 is 0 Å². The predicted octanol–water partition coefficient (Wildman–Crippen LogP) is 0.699. The summed E-state index contributed by atoms with van der Waals surface area (Å²) in [7, 11) is 0. The van der Waals surface area contributed by atoms with Gasteiger partial charge < -0.3 is 10.8 Å². The fourth-order valence-corrected chi connectivity index (χ4v) is 1.28. The zero-order chi connectivity index (χ0) is 10.1. The van der Waals surface area contributed by atoms with Crippen LogP contribution in [0.4, 0.5) is 0 Å². The first-order valence-electron chi connectivity index (χ1n) is 4.37. The van der Waals surface area contributed by atoms with E-state index < -0.39 is 0 Å². The molecule has 4 N–H and O–H groups in total. The van der Waals surface area contributed by atoms with Crippen molar-refractivity contribution in [2.75, 3.05) is 6.61 Å². The van der Waals surface area contributed by atoms with Gasteiger partial charge in [-0.15, -0.1) is 0 Å². The van der Waals surface area contributed by atoms with Crippen molar-refractivity contribution in [3.8, 4) is 0 Å². The third kappa shape index (κ3) is 2.08. The average Bonchev–Trinajstić information content (AvgIpc) is 2.49. The molecule has 0 aliphatic rings. The fraction of sp³-hybridized carbons (Fsp3) is 0.667. The lowest BCUT2D eigenvalue weighted by Crippen LogP contribution is -2.21. The lowest BCUT2D eigenvalue weighted by molar-refractivity contribution is 0.266. The number of nitrogens with zero attached hydrogens (tertiary/aromatic N) is 1. The molecule has 74 valence electrons. The van der Waals surface area contributed by atoms with E-state index in [1.165, 1.54) is 0 Å². The van der Waals surface area contributed by atoms with Crippen LogP contribution >= 0.6 is 0 Å². The van der Waals surface area contributed by atoms with Crippen LogP contribution in [-0.2, 0) is 5.41 Å². The summed E-state index contributed by atoms with van der Waals surface area (Å²) in [4.78, 5) is 0. The molecule has 0 amide bonds. The molecule has 1 unspecified atom stereocenters. The molecule has 1 aromatic heterocycles. The second-order valence-corrected chi connectivity index (χ2v) is 4.24. The van der Waals surface area contributed by atoms with Gasteiger partial charge in [-0.1, -0.05) is 20.8 Å². The Morgan fingerprint density at radius 2 is 2.23 bits per heavy atom. The third-order valence-electron chi connectivity index (χ3n) is 2.01. The first-order chi connectivity index (χ1) is 5.96. The second kappa shape index (κ2) is 3.47. The summed E-state index contributed by atoms with van der Waals surface area (Å²) in [5, 5.41) is 15.8. The second-order valence-electron chi connectivity index (χ2n) is 4.24. The summed E-state index contributed by atoms with van der Waals surface area (Å²) in [5.74, 6) is 0. The van der Waals surface area contributed by atoms with E-state index in [9.17, 15) is 0 Å². The van der Waals surface area contributed by atoms with Crippen molar-refractivity contribution in [1.29, 1.82) is 0 Å². The molecule has 0 saturated carbocycles. The molecule has 0 radical (unpaired) electrons. The number of aliphatic hydroxyl groups excluding tert-OH is 1. The van der Waals surface area contributed by atoms with Gasteiger partial charge in [-0.25, -0.2) is 0 Å². The highest BCUT2D eigenvalue weighted by Crippen LogP contribution is 2.26. The van der Waals surface area contributed by atoms with Gasteiger partial charge >= 0.3 is 0 Å². The van der Waals surface area contributed by atoms with Crippen molar-refractivity contribution < 1.29 is 5.11 Å². The van der Waals surface area contributed by atoms with Crippen molar-refractivity contribution in [3.63, 3.8) is 0 Å². The van der Waals surface area contributed by atoms with Gasteiger partial charge in [0.1, 0.15) is 0 Å². The largest absolute Gasteiger partial charge is 0.394 e. The predicted molar refractivity (Wildman–Crippen MR) is 51.3 cm³/mol. The first kappa shape index (κ1) is 10.2. The zero-order valence-electron chi connectivity index (χ0n) is 8.33. The highest BCUT2D eigenvalue weighted by molar-refractivity contribution is 5.26. The molecule has 0 aliphatic carbocycles. The van der Waals surface area contributed by atoms with Crippen molar-refractivity contribution in [3.05, 3.63) is 17.5 Å². The summed E-state index contributed by atoms with van der Waals surface area (Å²) in [6.45, 7) is 6.18. The molecule has 1 heterocycles. The number of hydrogen-bond acceptors (Lipinski definition) is 3. The number of H-pyrrole nitrogens is 1. The minimum absolute atomic E-state index is 0.0153. The van der Waals surface area contributed by atoms with Gasteiger partial charge in [0.25, 0.3) is 0 Å². The van der Waals surface area contributed by atoms with Crippen LogP contribution in [-0.4, -0.2) is 21.9 Å². The van der Waals surface area contributed by atoms with Crippen LogP contribution in [0.5, 0.6) is 0 Å². The van der Waals surface area contributed by atoms with E-state index in [2.05, 4.69) is 31.0 Å². The molecule has 0 saturated heterocycles. The highest BCUT2D eigenvalue weighted by Gasteiger charge is 2.22. The molecule has 1 atom stereocenters. The maximum absolute atomic E-state index is 8.93. The van der Waals surface area contributed by atoms with Gasteiger partial charge in [-0.05, 0) is 0 Å². The van der Waals surface area contributed by atoms with Crippen LogP contribution < -0.4 is 5.73 Å². The quantitative estimate of drug-likeness (QED) is 0.631. The van der Waals surface area contributed by atoms with Gasteiger partial charge in [0.2, 0.25) is 0 Å².